The second kappa shape index (κ2) is 8.50. The third-order valence-corrected chi connectivity index (χ3v) is 4.11. The number of benzene rings is 2. The van der Waals surface area contributed by atoms with Gasteiger partial charge >= 0.3 is 0 Å². The van der Waals surface area contributed by atoms with E-state index in [4.69, 9.17) is 0 Å². The second-order valence-electron chi connectivity index (χ2n) is 6.33. The predicted molar refractivity (Wildman–Crippen MR) is 101 cm³/mol. The standard InChI is InChI=1S/C20H27N3O/c1-15-9-7-12-18(16(15)2)22-19-11-6-5-10-17(19)20(24)21-13-8-14-23(3)4/h5-7,9-12,22H,8,13-14H2,1-4H3,(H,21,24). The molecule has 0 aromatic heterocycles. The normalized spacial score (nSPS) is 10.7. The van der Waals surface area contributed by atoms with E-state index in [1.165, 1.54) is 11.1 Å². The van der Waals surface area contributed by atoms with Gasteiger partial charge in [0.25, 0.3) is 5.91 Å². The number of hydrogen-bond acceptors (Lipinski definition) is 3. The first-order valence-corrected chi connectivity index (χ1v) is 8.34. The third kappa shape index (κ3) is 4.83. The van der Waals surface area contributed by atoms with E-state index in [9.17, 15) is 4.79 Å². The number of carbonyl (C=O) groups excluding carboxylic acids is 1. The van der Waals surface area contributed by atoms with Crippen LogP contribution in [0.15, 0.2) is 42.5 Å². The molecule has 2 rings (SSSR count). The van der Waals surface area contributed by atoms with E-state index < -0.39 is 0 Å². The van der Waals surface area contributed by atoms with Gasteiger partial charge in [-0.25, -0.2) is 0 Å². The van der Waals surface area contributed by atoms with Gasteiger partial charge < -0.3 is 15.5 Å². The molecule has 0 heterocycles. The number of amides is 1. The maximum Gasteiger partial charge on any atom is 0.253 e. The molecular formula is C20H27N3O. The van der Waals surface area contributed by atoms with Crippen molar-refractivity contribution < 1.29 is 4.79 Å². The highest BCUT2D eigenvalue weighted by Gasteiger charge is 2.11. The van der Waals surface area contributed by atoms with Crippen LogP contribution >= 0.6 is 0 Å². The lowest BCUT2D eigenvalue weighted by atomic mass is 10.1. The van der Waals surface area contributed by atoms with Gasteiger partial charge in [0.2, 0.25) is 0 Å². The van der Waals surface area contributed by atoms with Gasteiger partial charge in [0.15, 0.2) is 0 Å². The number of para-hydroxylation sites is 1. The molecule has 0 aliphatic carbocycles. The third-order valence-electron chi connectivity index (χ3n) is 4.11. The van der Waals surface area contributed by atoms with Crippen LogP contribution in [-0.4, -0.2) is 38.0 Å². The van der Waals surface area contributed by atoms with Gasteiger partial charge in [-0.2, -0.15) is 0 Å². The van der Waals surface area contributed by atoms with Crippen LogP contribution in [0.2, 0.25) is 0 Å². The number of nitrogens with one attached hydrogen (secondary N) is 2. The Morgan fingerprint density at radius 3 is 2.46 bits per heavy atom. The topological polar surface area (TPSA) is 44.4 Å². The minimum Gasteiger partial charge on any atom is -0.355 e. The summed E-state index contributed by atoms with van der Waals surface area (Å²) in [4.78, 5) is 14.6. The van der Waals surface area contributed by atoms with Crippen LogP contribution in [0.4, 0.5) is 11.4 Å². The molecule has 0 aliphatic rings. The smallest absolute Gasteiger partial charge is 0.253 e. The molecule has 0 bridgehead atoms. The summed E-state index contributed by atoms with van der Waals surface area (Å²) in [5.74, 6) is -0.0397. The van der Waals surface area contributed by atoms with Crippen LogP contribution < -0.4 is 10.6 Å². The molecule has 2 N–H and O–H groups in total. The van der Waals surface area contributed by atoms with Crippen LogP contribution in [-0.2, 0) is 0 Å². The first-order valence-electron chi connectivity index (χ1n) is 8.34. The Kier molecular flexibility index (Phi) is 6.38. The maximum absolute atomic E-state index is 12.5. The highest BCUT2D eigenvalue weighted by molar-refractivity contribution is 6.00. The lowest BCUT2D eigenvalue weighted by molar-refractivity contribution is 0.0953. The second-order valence-corrected chi connectivity index (χ2v) is 6.33. The summed E-state index contributed by atoms with van der Waals surface area (Å²) in [6, 6.07) is 13.8. The summed E-state index contributed by atoms with van der Waals surface area (Å²) in [5.41, 5.74) is 4.95. The average Bonchev–Trinajstić information content (AvgIpc) is 2.56. The number of nitrogens with zero attached hydrogens (tertiary/aromatic N) is 1. The summed E-state index contributed by atoms with van der Waals surface area (Å²) in [6.45, 7) is 5.81. The molecule has 2 aromatic carbocycles. The first kappa shape index (κ1) is 18.0. The van der Waals surface area contributed by atoms with Crippen molar-refractivity contribution >= 4 is 17.3 Å². The van der Waals surface area contributed by atoms with Crippen LogP contribution in [0, 0.1) is 13.8 Å². The van der Waals surface area contributed by atoms with Crippen molar-refractivity contribution in [2.24, 2.45) is 0 Å². The number of carbonyl (C=O) groups is 1. The van der Waals surface area contributed by atoms with Gasteiger partial charge in [0.1, 0.15) is 0 Å². The van der Waals surface area contributed by atoms with Crippen molar-refractivity contribution in [2.75, 3.05) is 32.5 Å². The fourth-order valence-corrected chi connectivity index (χ4v) is 2.51. The van der Waals surface area contributed by atoms with Crippen LogP contribution in [0.25, 0.3) is 0 Å². The van der Waals surface area contributed by atoms with E-state index in [-0.39, 0.29) is 5.91 Å². The summed E-state index contributed by atoms with van der Waals surface area (Å²) in [7, 11) is 4.07. The van der Waals surface area contributed by atoms with Crippen LogP contribution in [0.5, 0.6) is 0 Å². The largest absolute Gasteiger partial charge is 0.355 e. The molecule has 0 fully saturated rings. The van der Waals surface area contributed by atoms with Crippen molar-refractivity contribution in [1.29, 1.82) is 0 Å². The van der Waals surface area contributed by atoms with E-state index in [0.717, 1.165) is 24.3 Å². The quantitative estimate of drug-likeness (QED) is 0.763. The molecule has 24 heavy (non-hydrogen) atoms. The average molecular weight is 325 g/mol. The monoisotopic (exact) mass is 325 g/mol. The van der Waals surface area contributed by atoms with Crippen molar-refractivity contribution in [3.63, 3.8) is 0 Å². The van der Waals surface area contributed by atoms with E-state index >= 15 is 0 Å². The summed E-state index contributed by atoms with van der Waals surface area (Å²) in [5, 5.41) is 6.40. The van der Waals surface area contributed by atoms with E-state index in [2.05, 4.69) is 35.4 Å². The number of aryl methyl sites for hydroxylation is 1. The van der Waals surface area contributed by atoms with Gasteiger partial charge in [-0.15, -0.1) is 0 Å². The predicted octanol–water partition coefficient (Wildman–Crippen LogP) is 3.73. The molecule has 2 aromatic rings. The van der Waals surface area contributed by atoms with Gasteiger partial charge in [0.05, 0.1) is 11.3 Å². The lowest BCUT2D eigenvalue weighted by Crippen LogP contribution is -2.27. The summed E-state index contributed by atoms with van der Waals surface area (Å²) >= 11 is 0. The van der Waals surface area contributed by atoms with E-state index in [1.54, 1.807) is 0 Å². The zero-order valence-electron chi connectivity index (χ0n) is 15.0. The molecule has 0 aliphatic heterocycles. The Bertz CT molecular complexity index is 695. The van der Waals surface area contributed by atoms with Crippen molar-refractivity contribution in [3.05, 3.63) is 59.2 Å². The highest BCUT2D eigenvalue weighted by Crippen LogP contribution is 2.25. The minimum absolute atomic E-state index is 0.0397. The molecule has 1 amide bonds. The van der Waals surface area contributed by atoms with E-state index in [1.807, 2.05) is 50.5 Å². The fourth-order valence-electron chi connectivity index (χ4n) is 2.51. The Morgan fingerprint density at radius 2 is 1.71 bits per heavy atom. The highest BCUT2D eigenvalue weighted by atomic mass is 16.1. The maximum atomic E-state index is 12.5. The SMILES string of the molecule is Cc1cccc(Nc2ccccc2C(=O)NCCCN(C)C)c1C. The molecule has 4 nitrogen and oxygen atoms in total. The first-order chi connectivity index (χ1) is 11.5. The molecule has 0 unspecified atom stereocenters. The molecule has 4 heteroatoms. The zero-order valence-corrected chi connectivity index (χ0v) is 15.0. The zero-order chi connectivity index (χ0) is 17.5. The summed E-state index contributed by atoms with van der Waals surface area (Å²) in [6.07, 6.45) is 0.936. The van der Waals surface area contributed by atoms with Crippen molar-refractivity contribution in [3.8, 4) is 0 Å². The van der Waals surface area contributed by atoms with Crippen LogP contribution in [0.3, 0.4) is 0 Å². The Hall–Kier alpha value is -2.33. The van der Waals surface area contributed by atoms with Crippen molar-refractivity contribution in [2.45, 2.75) is 20.3 Å². The molecule has 0 atom stereocenters. The lowest BCUT2D eigenvalue weighted by Gasteiger charge is -2.15. The number of rotatable bonds is 7. The Morgan fingerprint density at radius 1 is 1.00 bits per heavy atom. The Balaban J connectivity index is 2.09. The minimum atomic E-state index is -0.0397. The molecule has 0 radical (unpaired) electrons. The molecular weight excluding hydrogens is 298 g/mol. The summed E-state index contributed by atoms with van der Waals surface area (Å²) < 4.78 is 0. The molecule has 128 valence electrons. The molecule has 0 spiro atoms. The van der Waals surface area contributed by atoms with Gasteiger partial charge in [-0.3, -0.25) is 4.79 Å². The van der Waals surface area contributed by atoms with Crippen molar-refractivity contribution in [1.82, 2.24) is 10.2 Å². The van der Waals surface area contributed by atoms with Gasteiger partial charge in [-0.05, 0) is 70.2 Å². The number of anilines is 2. The Labute approximate surface area is 144 Å². The fraction of sp³-hybridized carbons (Fsp3) is 0.350. The van der Waals surface area contributed by atoms with Gasteiger partial charge in [0, 0.05) is 12.2 Å². The number of hydrogen-bond donors (Lipinski definition) is 2. The van der Waals surface area contributed by atoms with E-state index in [0.29, 0.717) is 12.1 Å². The van der Waals surface area contributed by atoms with Crippen LogP contribution in [0.1, 0.15) is 27.9 Å². The van der Waals surface area contributed by atoms with Gasteiger partial charge in [-0.1, -0.05) is 24.3 Å². The molecule has 0 saturated heterocycles. The molecule has 0 saturated carbocycles.